The fourth-order valence-electron chi connectivity index (χ4n) is 3.51. The maximum Gasteiger partial charge on any atom is 0.391 e. The largest absolute Gasteiger partial charge is 0.391 e. The fraction of sp³-hybridized carbons (Fsp3) is 0.938. The van der Waals surface area contributed by atoms with Crippen LogP contribution in [0.1, 0.15) is 38.5 Å². The monoisotopic (exact) mass is 335 g/mol. The van der Waals surface area contributed by atoms with Gasteiger partial charge >= 0.3 is 6.18 Å². The number of amides is 1. The molecule has 1 amide bonds. The van der Waals surface area contributed by atoms with Crippen LogP contribution >= 0.6 is 0 Å². The second-order valence-corrected chi connectivity index (χ2v) is 7.10. The number of halogens is 3. The van der Waals surface area contributed by atoms with E-state index >= 15 is 0 Å². The van der Waals surface area contributed by atoms with Gasteiger partial charge in [0.25, 0.3) is 0 Å². The second-order valence-electron chi connectivity index (χ2n) is 7.10. The van der Waals surface area contributed by atoms with Crippen molar-refractivity contribution in [3.63, 3.8) is 0 Å². The van der Waals surface area contributed by atoms with Crippen molar-refractivity contribution in [2.75, 3.05) is 33.7 Å². The second kappa shape index (κ2) is 7.83. The van der Waals surface area contributed by atoms with Gasteiger partial charge in [0, 0.05) is 39.3 Å². The summed E-state index contributed by atoms with van der Waals surface area (Å²) in [6.07, 6.45) is -0.392. The predicted octanol–water partition coefficient (Wildman–Crippen LogP) is 2.25. The number of carbonyl (C=O) groups excluding carboxylic acids is 1. The number of nitrogens with one attached hydrogen (secondary N) is 1. The molecule has 1 N–H and O–H groups in total. The molecule has 0 spiro atoms. The SMILES string of the molecule is CN(C)C(=O)CN1CCC(NC2CCC(C(F)(F)F)CC2)CC1. The average Bonchev–Trinajstić information content (AvgIpc) is 2.49. The molecule has 2 aliphatic rings. The first-order chi connectivity index (χ1) is 10.8. The molecule has 0 radical (unpaired) electrons. The van der Waals surface area contributed by atoms with E-state index in [1.54, 1.807) is 19.0 Å². The number of nitrogens with zero attached hydrogens (tertiary/aromatic N) is 2. The molecule has 1 heterocycles. The zero-order valence-corrected chi connectivity index (χ0v) is 14.0. The lowest BCUT2D eigenvalue weighted by molar-refractivity contribution is -0.182. The lowest BCUT2D eigenvalue weighted by Crippen LogP contribution is -2.49. The Bertz CT molecular complexity index is 385. The highest BCUT2D eigenvalue weighted by Gasteiger charge is 2.41. The van der Waals surface area contributed by atoms with Crippen molar-refractivity contribution in [1.82, 2.24) is 15.1 Å². The van der Waals surface area contributed by atoms with Gasteiger partial charge in [-0.05, 0) is 38.5 Å². The van der Waals surface area contributed by atoms with Gasteiger partial charge in [0.05, 0.1) is 12.5 Å². The summed E-state index contributed by atoms with van der Waals surface area (Å²) >= 11 is 0. The number of rotatable bonds is 4. The molecule has 4 nitrogen and oxygen atoms in total. The summed E-state index contributed by atoms with van der Waals surface area (Å²) in [6.45, 7) is 2.20. The van der Waals surface area contributed by atoms with Crippen molar-refractivity contribution < 1.29 is 18.0 Å². The van der Waals surface area contributed by atoms with Crippen LogP contribution in [-0.4, -0.2) is 67.7 Å². The summed E-state index contributed by atoms with van der Waals surface area (Å²) in [5, 5.41) is 3.54. The summed E-state index contributed by atoms with van der Waals surface area (Å²) in [7, 11) is 3.52. The minimum atomic E-state index is -4.03. The topological polar surface area (TPSA) is 35.6 Å². The number of likely N-dealkylation sites (N-methyl/N-ethyl adjacent to an activating group) is 1. The van der Waals surface area contributed by atoms with Crippen LogP contribution in [-0.2, 0) is 4.79 Å². The normalized spacial score (nSPS) is 27.9. The maximum absolute atomic E-state index is 12.7. The van der Waals surface area contributed by atoms with E-state index in [2.05, 4.69) is 10.2 Å². The fourth-order valence-corrected chi connectivity index (χ4v) is 3.51. The molecule has 134 valence electrons. The Balaban J connectivity index is 1.66. The lowest BCUT2D eigenvalue weighted by atomic mass is 9.85. The molecule has 1 saturated carbocycles. The molecule has 1 saturated heterocycles. The Morgan fingerprint density at radius 3 is 2.04 bits per heavy atom. The van der Waals surface area contributed by atoms with E-state index in [0.717, 1.165) is 25.9 Å². The zero-order chi connectivity index (χ0) is 17.0. The lowest BCUT2D eigenvalue weighted by Gasteiger charge is -2.37. The van der Waals surface area contributed by atoms with E-state index in [9.17, 15) is 18.0 Å². The van der Waals surface area contributed by atoms with Crippen LogP contribution in [0, 0.1) is 5.92 Å². The van der Waals surface area contributed by atoms with E-state index in [4.69, 9.17) is 0 Å². The van der Waals surface area contributed by atoms with Crippen molar-refractivity contribution in [2.24, 2.45) is 5.92 Å². The van der Waals surface area contributed by atoms with Gasteiger partial charge in [-0.15, -0.1) is 0 Å². The number of hydrogen-bond donors (Lipinski definition) is 1. The number of piperidine rings is 1. The highest BCUT2D eigenvalue weighted by atomic mass is 19.4. The van der Waals surface area contributed by atoms with Crippen LogP contribution in [0.5, 0.6) is 0 Å². The van der Waals surface area contributed by atoms with Crippen LogP contribution in [0.15, 0.2) is 0 Å². The van der Waals surface area contributed by atoms with E-state index < -0.39 is 12.1 Å². The Morgan fingerprint density at radius 2 is 1.57 bits per heavy atom. The Labute approximate surface area is 136 Å². The Hall–Kier alpha value is -0.820. The van der Waals surface area contributed by atoms with E-state index in [0.29, 0.717) is 25.4 Å². The molecule has 0 aromatic heterocycles. The molecule has 0 aromatic rings. The molecule has 1 aliphatic heterocycles. The molecule has 2 rings (SSSR count). The predicted molar refractivity (Wildman–Crippen MR) is 83.1 cm³/mol. The third kappa shape index (κ3) is 5.64. The number of carbonyl (C=O) groups is 1. The third-order valence-corrected chi connectivity index (χ3v) is 5.11. The van der Waals surface area contributed by atoms with Gasteiger partial charge in [-0.1, -0.05) is 0 Å². The quantitative estimate of drug-likeness (QED) is 0.856. The van der Waals surface area contributed by atoms with Crippen molar-refractivity contribution in [3.8, 4) is 0 Å². The molecule has 23 heavy (non-hydrogen) atoms. The standard InChI is InChI=1S/C16H28F3N3O/c1-21(2)15(23)11-22-9-7-14(8-10-22)20-13-5-3-12(4-6-13)16(17,18)19/h12-14,20H,3-11H2,1-2H3. The molecule has 7 heteroatoms. The van der Waals surface area contributed by atoms with Crippen LogP contribution in [0.3, 0.4) is 0 Å². The summed E-state index contributed by atoms with van der Waals surface area (Å²) in [4.78, 5) is 15.5. The van der Waals surface area contributed by atoms with Gasteiger partial charge < -0.3 is 10.2 Å². The average molecular weight is 335 g/mol. The summed E-state index contributed by atoms with van der Waals surface area (Å²) < 4.78 is 38.0. The maximum atomic E-state index is 12.7. The first kappa shape index (κ1) is 18.5. The molecule has 0 atom stereocenters. The van der Waals surface area contributed by atoms with Gasteiger partial charge in [0.2, 0.25) is 5.91 Å². The van der Waals surface area contributed by atoms with Gasteiger partial charge in [-0.25, -0.2) is 0 Å². The summed E-state index contributed by atoms with van der Waals surface area (Å²) in [5.74, 6) is -0.999. The number of likely N-dealkylation sites (tertiary alicyclic amines) is 1. The number of alkyl halides is 3. The first-order valence-corrected chi connectivity index (χ1v) is 8.51. The molecule has 2 fully saturated rings. The highest BCUT2D eigenvalue weighted by molar-refractivity contribution is 5.77. The van der Waals surface area contributed by atoms with Crippen molar-refractivity contribution in [2.45, 2.75) is 56.8 Å². The van der Waals surface area contributed by atoms with Crippen LogP contribution in [0.2, 0.25) is 0 Å². The molecule has 0 aromatic carbocycles. The van der Waals surface area contributed by atoms with E-state index in [1.165, 1.54) is 0 Å². The van der Waals surface area contributed by atoms with Gasteiger partial charge in [-0.2, -0.15) is 13.2 Å². The van der Waals surface area contributed by atoms with Crippen molar-refractivity contribution in [1.29, 1.82) is 0 Å². The minimum Gasteiger partial charge on any atom is -0.348 e. The minimum absolute atomic E-state index is 0.113. The third-order valence-electron chi connectivity index (χ3n) is 5.11. The van der Waals surface area contributed by atoms with Gasteiger partial charge in [0.15, 0.2) is 0 Å². The van der Waals surface area contributed by atoms with E-state index in [-0.39, 0.29) is 24.8 Å². The number of hydrogen-bond acceptors (Lipinski definition) is 3. The Morgan fingerprint density at radius 1 is 1.04 bits per heavy atom. The van der Waals surface area contributed by atoms with E-state index in [1.807, 2.05) is 0 Å². The molecule has 0 bridgehead atoms. The smallest absolute Gasteiger partial charge is 0.348 e. The van der Waals surface area contributed by atoms with Crippen LogP contribution < -0.4 is 5.32 Å². The zero-order valence-electron chi connectivity index (χ0n) is 14.0. The Kier molecular flexibility index (Phi) is 6.31. The highest BCUT2D eigenvalue weighted by Crippen LogP contribution is 2.37. The molecular weight excluding hydrogens is 307 g/mol. The summed E-state index contributed by atoms with van der Waals surface area (Å²) in [5.41, 5.74) is 0. The summed E-state index contributed by atoms with van der Waals surface area (Å²) in [6, 6.07) is 0.585. The van der Waals surface area contributed by atoms with Crippen LogP contribution in [0.25, 0.3) is 0 Å². The van der Waals surface area contributed by atoms with Crippen LogP contribution in [0.4, 0.5) is 13.2 Å². The first-order valence-electron chi connectivity index (χ1n) is 8.51. The van der Waals surface area contributed by atoms with Gasteiger partial charge in [0.1, 0.15) is 0 Å². The van der Waals surface area contributed by atoms with Crippen molar-refractivity contribution in [3.05, 3.63) is 0 Å². The molecular formula is C16H28F3N3O. The molecule has 0 unspecified atom stereocenters. The van der Waals surface area contributed by atoms with Crippen molar-refractivity contribution >= 4 is 5.91 Å². The molecule has 1 aliphatic carbocycles. The van der Waals surface area contributed by atoms with Gasteiger partial charge in [-0.3, -0.25) is 9.69 Å².